The van der Waals surface area contributed by atoms with Crippen LogP contribution in [0.3, 0.4) is 0 Å². The highest BCUT2D eigenvalue weighted by molar-refractivity contribution is 6.42. The van der Waals surface area contributed by atoms with Crippen LogP contribution in [-0.4, -0.2) is 40.8 Å². The van der Waals surface area contributed by atoms with Crippen molar-refractivity contribution < 1.29 is 23.1 Å². The molecule has 1 aromatic rings. The summed E-state index contributed by atoms with van der Waals surface area (Å²) in [5.74, 6) is -1.29. The lowest BCUT2D eigenvalue weighted by molar-refractivity contribution is -0.145. The molecule has 24 heavy (non-hydrogen) atoms. The summed E-state index contributed by atoms with van der Waals surface area (Å²) in [6, 6.07) is 1.42. The number of hydrogen-bond acceptors (Lipinski definition) is 3. The van der Waals surface area contributed by atoms with Gasteiger partial charge in [-0.05, 0) is 17.7 Å². The lowest BCUT2D eigenvalue weighted by Gasteiger charge is -2.27. The van der Waals surface area contributed by atoms with E-state index in [1.165, 1.54) is 12.1 Å². The Morgan fingerprint density at radius 2 is 1.92 bits per heavy atom. The van der Waals surface area contributed by atoms with Gasteiger partial charge in [-0.15, -0.1) is 0 Å². The summed E-state index contributed by atoms with van der Waals surface area (Å²) in [5.41, 5.74) is 10.5. The van der Waals surface area contributed by atoms with Gasteiger partial charge < -0.3 is 21.5 Å². The Hall–Kier alpha value is -1.71. The van der Waals surface area contributed by atoms with Gasteiger partial charge in [-0.1, -0.05) is 23.2 Å². The monoisotopic (exact) mass is 384 g/mol. The van der Waals surface area contributed by atoms with Gasteiger partial charge in [0, 0.05) is 12.0 Å². The number of hydrogen-bond donors (Lipinski definition) is 3. The smallest absolute Gasteiger partial charge is 0.372 e. The van der Waals surface area contributed by atoms with Crippen LogP contribution in [0, 0.1) is 0 Å². The molecular weight excluding hydrogens is 372 g/mol. The number of fused-ring (bicyclic) bond motifs is 1. The van der Waals surface area contributed by atoms with Crippen molar-refractivity contribution in [1.82, 2.24) is 4.90 Å². The van der Waals surface area contributed by atoms with E-state index in [4.69, 9.17) is 34.7 Å². The average Bonchev–Trinajstić information content (AvgIpc) is 2.63. The summed E-state index contributed by atoms with van der Waals surface area (Å²) in [7, 11) is 0. The lowest BCUT2D eigenvalue weighted by Crippen LogP contribution is -2.38. The molecule has 11 heteroatoms. The minimum absolute atomic E-state index is 0.00412. The molecule has 0 saturated heterocycles. The molecule has 2 atom stereocenters. The van der Waals surface area contributed by atoms with Gasteiger partial charge in [-0.3, -0.25) is 4.79 Å². The van der Waals surface area contributed by atoms with Crippen LogP contribution in [0.15, 0.2) is 17.1 Å². The van der Waals surface area contributed by atoms with Crippen LogP contribution in [0.4, 0.5) is 13.2 Å². The minimum atomic E-state index is -4.62. The second-order valence-corrected chi connectivity index (χ2v) is 6.00. The van der Waals surface area contributed by atoms with Gasteiger partial charge in [0.2, 0.25) is 0 Å². The number of alkyl halides is 3. The van der Waals surface area contributed by atoms with E-state index in [0.29, 0.717) is 4.90 Å². The molecule has 5 N–H and O–H groups in total. The van der Waals surface area contributed by atoms with Crippen LogP contribution in [0.2, 0.25) is 10.0 Å². The first-order valence-corrected chi connectivity index (χ1v) is 7.38. The predicted molar refractivity (Wildman–Crippen MR) is 82.7 cm³/mol. The summed E-state index contributed by atoms with van der Waals surface area (Å²) in [6.07, 6.45) is -6.43. The fourth-order valence-corrected chi connectivity index (χ4v) is 2.88. The van der Waals surface area contributed by atoms with Gasteiger partial charge in [0.1, 0.15) is 6.54 Å². The highest BCUT2D eigenvalue weighted by Gasteiger charge is 2.44. The molecule has 1 amide bonds. The summed E-state index contributed by atoms with van der Waals surface area (Å²) in [5, 5.41) is 9.93. The SMILES string of the molecule is NC(N)=NC(O)CC1c2cc(Cl)c(Cl)cc2C(=O)N1CC(F)(F)F. The zero-order chi connectivity index (χ0) is 18.2. The molecule has 6 nitrogen and oxygen atoms in total. The van der Waals surface area contributed by atoms with E-state index in [2.05, 4.69) is 4.99 Å². The molecule has 1 aromatic carbocycles. The van der Waals surface area contributed by atoms with Crippen molar-refractivity contribution >= 4 is 35.1 Å². The van der Waals surface area contributed by atoms with E-state index in [0.717, 1.165) is 0 Å². The fourth-order valence-electron chi connectivity index (χ4n) is 2.54. The Bertz CT molecular complexity index is 693. The number of rotatable bonds is 4. The molecule has 0 radical (unpaired) electrons. The van der Waals surface area contributed by atoms with Crippen LogP contribution in [0.1, 0.15) is 28.4 Å². The molecule has 0 aliphatic carbocycles. The predicted octanol–water partition coefficient (Wildman–Crippen LogP) is 2.03. The number of benzene rings is 1. The van der Waals surface area contributed by atoms with Crippen molar-refractivity contribution in [1.29, 1.82) is 0 Å². The third-order valence-corrected chi connectivity index (χ3v) is 4.12. The molecule has 1 heterocycles. The number of nitrogens with zero attached hydrogens (tertiary/aromatic N) is 2. The van der Waals surface area contributed by atoms with Crippen LogP contribution in [0.25, 0.3) is 0 Å². The summed E-state index contributed by atoms with van der Waals surface area (Å²) in [6.45, 7) is -1.49. The zero-order valence-corrected chi connectivity index (χ0v) is 13.5. The quantitative estimate of drug-likeness (QED) is 0.545. The van der Waals surface area contributed by atoms with Crippen LogP contribution < -0.4 is 11.5 Å². The van der Waals surface area contributed by atoms with Gasteiger partial charge in [0.25, 0.3) is 5.91 Å². The van der Waals surface area contributed by atoms with E-state index < -0.39 is 36.9 Å². The van der Waals surface area contributed by atoms with Gasteiger partial charge in [-0.25, -0.2) is 4.99 Å². The van der Waals surface area contributed by atoms with Crippen LogP contribution in [0.5, 0.6) is 0 Å². The highest BCUT2D eigenvalue weighted by Crippen LogP contribution is 2.41. The zero-order valence-electron chi connectivity index (χ0n) is 12.0. The number of aliphatic imine (C=N–C) groups is 1. The number of carbonyl (C=O) groups is 1. The van der Waals surface area contributed by atoms with Gasteiger partial charge in [-0.2, -0.15) is 13.2 Å². The highest BCUT2D eigenvalue weighted by atomic mass is 35.5. The second kappa shape index (κ2) is 6.66. The van der Waals surface area contributed by atoms with Crippen molar-refractivity contribution in [3.8, 4) is 0 Å². The Morgan fingerprint density at radius 3 is 2.46 bits per heavy atom. The van der Waals surface area contributed by atoms with Crippen molar-refractivity contribution in [2.45, 2.75) is 24.9 Å². The van der Waals surface area contributed by atoms with Crippen molar-refractivity contribution in [2.24, 2.45) is 16.5 Å². The lowest BCUT2D eigenvalue weighted by atomic mass is 10.0. The molecule has 0 fully saturated rings. The summed E-state index contributed by atoms with van der Waals surface area (Å²) in [4.78, 5) is 16.4. The topological polar surface area (TPSA) is 105 Å². The maximum absolute atomic E-state index is 12.8. The number of aliphatic hydroxyl groups is 1. The van der Waals surface area contributed by atoms with Gasteiger partial charge in [0.15, 0.2) is 12.2 Å². The standard InChI is InChI=1S/C13H13Cl2F3N4O2/c14-7-1-5-6(2-8(7)15)11(24)22(4-13(16,17)18)9(5)3-10(23)21-12(19)20/h1-2,9-10,23H,3-4H2,(H4,19,20,21). The number of halogens is 5. The molecule has 0 bridgehead atoms. The normalized spacial score (nSPS) is 18.5. The number of carbonyl (C=O) groups excluding carboxylic acids is 1. The second-order valence-electron chi connectivity index (χ2n) is 5.19. The molecule has 0 spiro atoms. The minimum Gasteiger partial charge on any atom is -0.372 e. The Morgan fingerprint density at radius 1 is 1.33 bits per heavy atom. The van der Waals surface area contributed by atoms with E-state index in [9.17, 15) is 23.1 Å². The number of aliphatic hydroxyl groups excluding tert-OH is 1. The molecule has 1 aliphatic rings. The van der Waals surface area contributed by atoms with Crippen molar-refractivity contribution in [3.05, 3.63) is 33.3 Å². The molecule has 0 saturated carbocycles. The van der Waals surface area contributed by atoms with Crippen LogP contribution in [-0.2, 0) is 0 Å². The van der Waals surface area contributed by atoms with Crippen molar-refractivity contribution in [3.63, 3.8) is 0 Å². The van der Waals surface area contributed by atoms with Gasteiger partial charge >= 0.3 is 6.18 Å². The first-order valence-electron chi connectivity index (χ1n) is 6.63. The maximum Gasteiger partial charge on any atom is 0.406 e. The van der Waals surface area contributed by atoms with E-state index in [-0.39, 0.29) is 27.6 Å². The summed E-state index contributed by atoms with van der Waals surface area (Å²) < 4.78 is 38.4. The Kier molecular flexibility index (Phi) is 5.17. The van der Waals surface area contributed by atoms with E-state index >= 15 is 0 Å². The molecule has 0 aromatic heterocycles. The Labute approximate surface area is 144 Å². The number of guanidine groups is 1. The molecular formula is C13H13Cl2F3N4O2. The molecule has 2 unspecified atom stereocenters. The van der Waals surface area contributed by atoms with E-state index in [1.54, 1.807) is 0 Å². The molecule has 2 rings (SSSR count). The van der Waals surface area contributed by atoms with E-state index in [1.807, 2.05) is 0 Å². The third kappa shape index (κ3) is 4.03. The van der Waals surface area contributed by atoms with Gasteiger partial charge in [0.05, 0.1) is 16.1 Å². The first kappa shape index (κ1) is 18.6. The fraction of sp³-hybridized carbons (Fsp3) is 0.385. The molecule has 132 valence electrons. The van der Waals surface area contributed by atoms with Crippen molar-refractivity contribution in [2.75, 3.05) is 6.54 Å². The third-order valence-electron chi connectivity index (χ3n) is 3.40. The molecule has 1 aliphatic heterocycles. The first-order chi connectivity index (χ1) is 11.0. The van der Waals surface area contributed by atoms with Crippen LogP contribution >= 0.6 is 23.2 Å². The Balaban J connectivity index is 2.44. The summed E-state index contributed by atoms with van der Waals surface area (Å²) >= 11 is 11.7. The largest absolute Gasteiger partial charge is 0.406 e. The number of amides is 1. The maximum atomic E-state index is 12.8. The number of nitrogens with two attached hydrogens (primary N) is 2. The average molecular weight is 385 g/mol.